The Morgan fingerprint density at radius 2 is 1.86 bits per heavy atom. The zero-order valence-corrected chi connectivity index (χ0v) is 17.3. The van der Waals surface area contributed by atoms with Gasteiger partial charge in [-0.2, -0.15) is 0 Å². The number of amides is 2. The molecule has 0 aliphatic heterocycles. The fraction of sp³-hybridized carbons (Fsp3) is 0.227. The van der Waals surface area contributed by atoms with Gasteiger partial charge in [-0.15, -0.1) is 0 Å². The SMILES string of the molecule is Cc1ccccc1CCNC(=O)c1ccccc1NC(=O)CSc1nccn1C. The monoisotopic (exact) mass is 408 g/mol. The molecule has 1 aromatic heterocycles. The second kappa shape index (κ2) is 9.93. The van der Waals surface area contributed by atoms with Crippen molar-refractivity contribution in [1.82, 2.24) is 14.9 Å². The zero-order valence-electron chi connectivity index (χ0n) is 16.5. The van der Waals surface area contributed by atoms with Crippen LogP contribution in [0, 0.1) is 6.92 Å². The average molecular weight is 409 g/mol. The number of aryl methyl sites for hydroxylation is 2. The van der Waals surface area contributed by atoms with Gasteiger partial charge in [0.1, 0.15) is 0 Å². The summed E-state index contributed by atoms with van der Waals surface area (Å²) in [7, 11) is 1.88. The van der Waals surface area contributed by atoms with Crippen LogP contribution in [0.1, 0.15) is 21.5 Å². The van der Waals surface area contributed by atoms with Gasteiger partial charge in [-0.1, -0.05) is 48.2 Å². The molecule has 0 atom stereocenters. The van der Waals surface area contributed by atoms with Crippen molar-refractivity contribution in [2.75, 3.05) is 17.6 Å². The smallest absolute Gasteiger partial charge is 0.253 e. The number of anilines is 1. The second-order valence-corrected chi connectivity index (χ2v) is 7.58. The lowest BCUT2D eigenvalue weighted by atomic mass is 10.1. The summed E-state index contributed by atoms with van der Waals surface area (Å²) >= 11 is 1.35. The molecule has 0 aliphatic rings. The number of aromatic nitrogens is 2. The Hall–Kier alpha value is -3.06. The number of benzene rings is 2. The predicted octanol–water partition coefficient (Wildman–Crippen LogP) is 3.43. The van der Waals surface area contributed by atoms with Crippen LogP contribution in [0.5, 0.6) is 0 Å². The van der Waals surface area contributed by atoms with E-state index in [1.807, 2.05) is 29.9 Å². The molecule has 2 aromatic carbocycles. The van der Waals surface area contributed by atoms with Crippen LogP contribution in [0.4, 0.5) is 5.69 Å². The van der Waals surface area contributed by atoms with Crippen LogP contribution in [-0.4, -0.2) is 33.7 Å². The molecule has 0 fully saturated rings. The minimum absolute atomic E-state index is 0.182. The Balaban J connectivity index is 1.56. The van der Waals surface area contributed by atoms with E-state index in [-0.39, 0.29) is 17.6 Å². The summed E-state index contributed by atoms with van der Waals surface area (Å²) in [5, 5.41) is 6.54. The van der Waals surface area contributed by atoms with Crippen LogP contribution >= 0.6 is 11.8 Å². The molecule has 7 heteroatoms. The number of carbonyl (C=O) groups is 2. The number of rotatable bonds is 8. The van der Waals surface area contributed by atoms with E-state index in [1.54, 1.807) is 30.5 Å². The largest absolute Gasteiger partial charge is 0.352 e. The van der Waals surface area contributed by atoms with Crippen molar-refractivity contribution >= 4 is 29.3 Å². The van der Waals surface area contributed by atoms with Crippen LogP contribution < -0.4 is 10.6 Å². The fourth-order valence-electron chi connectivity index (χ4n) is 2.89. The van der Waals surface area contributed by atoms with E-state index >= 15 is 0 Å². The first kappa shape index (κ1) is 20.7. The quantitative estimate of drug-likeness (QED) is 0.560. The molecular formula is C22H24N4O2S. The van der Waals surface area contributed by atoms with Crippen molar-refractivity contribution in [2.24, 2.45) is 7.05 Å². The first-order valence-corrected chi connectivity index (χ1v) is 10.3. The molecule has 3 rings (SSSR count). The normalized spacial score (nSPS) is 10.6. The molecule has 0 unspecified atom stereocenters. The van der Waals surface area contributed by atoms with E-state index in [4.69, 9.17) is 0 Å². The Morgan fingerprint density at radius 3 is 2.62 bits per heavy atom. The van der Waals surface area contributed by atoms with E-state index in [0.29, 0.717) is 17.8 Å². The lowest BCUT2D eigenvalue weighted by Gasteiger charge is -2.12. The van der Waals surface area contributed by atoms with Gasteiger partial charge in [0.2, 0.25) is 5.91 Å². The number of hydrogen-bond acceptors (Lipinski definition) is 4. The van der Waals surface area contributed by atoms with E-state index in [9.17, 15) is 9.59 Å². The summed E-state index contributed by atoms with van der Waals surface area (Å²) < 4.78 is 1.85. The van der Waals surface area contributed by atoms with Crippen molar-refractivity contribution < 1.29 is 9.59 Å². The molecule has 1 heterocycles. The van der Waals surface area contributed by atoms with Crippen molar-refractivity contribution in [3.63, 3.8) is 0 Å². The third-order valence-electron chi connectivity index (χ3n) is 4.50. The maximum atomic E-state index is 12.6. The maximum absolute atomic E-state index is 12.6. The summed E-state index contributed by atoms with van der Waals surface area (Å²) in [6.45, 7) is 2.59. The molecular weight excluding hydrogens is 384 g/mol. The van der Waals surface area contributed by atoms with Gasteiger partial charge in [0.15, 0.2) is 5.16 Å². The average Bonchev–Trinajstić information content (AvgIpc) is 3.13. The van der Waals surface area contributed by atoms with E-state index in [1.165, 1.54) is 22.9 Å². The Morgan fingerprint density at radius 1 is 1.10 bits per heavy atom. The minimum Gasteiger partial charge on any atom is -0.352 e. The highest BCUT2D eigenvalue weighted by atomic mass is 32.2. The zero-order chi connectivity index (χ0) is 20.6. The lowest BCUT2D eigenvalue weighted by Crippen LogP contribution is -2.27. The standard InChI is InChI=1S/C22H24N4O2S/c1-16-7-3-4-8-17(16)11-12-23-21(28)18-9-5-6-10-19(18)25-20(27)15-29-22-24-13-14-26(22)2/h3-10,13-14H,11-12,15H2,1-2H3,(H,23,28)(H,25,27). The molecule has 29 heavy (non-hydrogen) atoms. The predicted molar refractivity (Wildman–Crippen MR) is 116 cm³/mol. The van der Waals surface area contributed by atoms with Crippen molar-refractivity contribution in [3.05, 3.63) is 77.6 Å². The Labute approximate surface area is 174 Å². The first-order valence-electron chi connectivity index (χ1n) is 9.36. The highest BCUT2D eigenvalue weighted by molar-refractivity contribution is 7.99. The summed E-state index contributed by atoms with van der Waals surface area (Å²) in [6, 6.07) is 15.2. The van der Waals surface area contributed by atoms with Crippen molar-refractivity contribution in [2.45, 2.75) is 18.5 Å². The highest BCUT2D eigenvalue weighted by Crippen LogP contribution is 2.18. The van der Waals surface area contributed by atoms with E-state index < -0.39 is 0 Å². The van der Waals surface area contributed by atoms with Crippen molar-refractivity contribution in [3.8, 4) is 0 Å². The van der Waals surface area contributed by atoms with Gasteiger partial charge in [0, 0.05) is 26.0 Å². The van der Waals surface area contributed by atoms with Gasteiger partial charge in [0.25, 0.3) is 5.91 Å². The summed E-state index contributed by atoms with van der Waals surface area (Å²) in [5.41, 5.74) is 3.37. The van der Waals surface area contributed by atoms with Gasteiger partial charge in [-0.25, -0.2) is 4.98 Å². The molecule has 2 N–H and O–H groups in total. The van der Waals surface area contributed by atoms with Crippen LogP contribution in [0.2, 0.25) is 0 Å². The molecule has 6 nitrogen and oxygen atoms in total. The highest BCUT2D eigenvalue weighted by Gasteiger charge is 2.14. The number of carbonyl (C=O) groups excluding carboxylic acids is 2. The van der Waals surface area contributed by atoms with E-state index in [0.717, 1.165) is 11.6 Å². The molecule has 0 saturated carbocycles. The minimum atomic E-state index is -0.203. The molecule has 0 bridgehead atoms. The molecule has 2 amide bonds. The maximum Gasteiger partial charge on any atom is 0.253 e. The Kier molecular flexibility index (Phi) is 7.08. The fourth-order valence-corrected chi connectivity index (χ4v) is 3.63. The molecule has 150 valence electrons. The van der Waals surface area contributed by atoms with Gasteiger partial charge < -0.3 is 15.2 Å². The number of hydrogen-bond donors (Lipinski definition) is 2. The lowest BCUT2D eigenvalue weighted by molar-refractivity contribution is -0.113. The topological polar surface area (TPSA) is 76.0 Å². The molecule has 0 aliphatic carbocycles. The van der Waals surface area contributed by atoms with Crippen LogP contribution in [-0.2, 0) is 18.3 Å². The summed E-state index contributed by atoms with van der Waals surface area (Å²) in [5.74, 6) is -0.168. The summed E-state index contributed by atoms with van der Waals surface area (Å²) in [4.78, 5) is 29.1. The van der Waals surface area contributed by atoms with Gasteiger partial charge in [-0.3, -0.25) is 9.59 Å². The van der Waals surface area contributed by atoms with Crippen molar-refractivity contribution in [1.29, 1.82) is 0 Å². The van der Waals surface area contributed by atoms with Crippen LogP contribution in [0.15, 0.2) is 66.1 Å². The Bertz CT molecular complexity index is 1000. The summed E-state index contributed by atoms with van der Waals surface area (Å²) in [6.07, 6.45) is 4.28. The first-order chi connectivity index (χ1) is 14.0. The van der Waals surface area contributed by atoms with Crippen LogP contribution in [0.25, 0.3) is 0 Å². The number of para-hydroxylation sites is 1. The third-order valence-corrected chi connectivity index (χ3v) is 5.55. The molecule has 3 aromatic rings. The third kappa shape index (κ3) is 5.71. The number of nitrogens with one attached hydrogen (secondary N) is 2. The van der Waals surface area contributed by atoms with E-state index in [2.05, 4.69) is 34.7 Å². The molecule has 0 spiro atoms. The number of nitrogens with zero attached hydrogens (tertiary/aromatic N) is 2. The number of imidazole rings is 1. The molecule has 0 radical (unpaired) electrons. The van der Waals surface area contributed by atoms with Gasteiger partial charge in [-0.05, 0) is 36.6 Å². The van der Waals surface area contributed by atoms with Gasteiger partial charge >= 0.3 is 0 Å². The molecule has 0 saturated heterocycles. The van der Waals surface area contributed by atoms with Gasteiger partial charge in [0.05, 0.1) is 17.0 Å². The van der Waals surface area contributed by atoms with Crippen LogP contribution in [0.3, 0.4) is 0 Å². The number of thioether (sulfide) groups is 1. The second-order valence-electron chi connectivity index (χ2n) is 6.64.